The Hall–Kier alpha value is -2.28. The van der Waals surface area contributed by atoms with Crippen molar-refractivity contribution in [2.24, 2.45) is 0 Å². The van der Waals surface area contributed by atoms with Gasteiger partial charge in [-0.2, -0.15) is 5.26 Å². The van der Waals surface area contributed by atoms with Gasteiger partial charge in [-0.1, -0.05) is 6.07 Å². The van der Waals surface area contributed by atoms with E-state index in [1.165, 1.54) is 10.9 Å². The number of aromatic nitrogens is 1. The molecule has 2 rings (SSSR count). The Morgan fingerprint density at radius 3 is 3.12 bits per heavy atom. The lowest BCUT2D eigenvalue weighted by Gasteiger charge is -2.03. The van der Waals surface area contributed by atoms with Crippen molar-refractivity contribution < 1.29 is 4.79 Å². The molecule has 0 aliphatic carbocycles. The fourth-order valence-electron chi connectivity index (χ4n) is 1.74. The molecular weight excluding hydrogens is 214 g/mol. The van der Waals surface area contributed by atoms with Crippen LogP contribution < -0.4 is 5.32 Å². The average Bonchev–Trinajstić information content (AvgIpc) is 2.76. The molecule has 2 aromatic rings. The number of nitriles is 1. The smallest absolute Gasteiger partial charge is 0.234 e. The number of nitrogens with one attached hydrogen (secondary N) is 2. The van der Waals surface area contributed by atoms with Gasteiger partial charge < -0.3 is 10.3 Å². The molecule has 1 aromatic carbocycles. The van der Waals surface area contributed by atoms with Gasteiger partial charge in [0.05, 0.1) is 6.07 Å². The third kappa shape index (κ3) is 2.85. The molecule has 1 aromatic heterocycles. The highest BCUT2D eigenvalue weighted by molar-refractivity contribution is 5.80. The molecule has 0 radical (unpaired) electrons. The van der Waals surface area contributed by atoms with E-state index in [2.05, 4.69) is 16.4 Å². The second-order valence-electron chi connectivity index (χ2n) is 3.83. The Bertz CT molecular complexity index is 565. The van der Waals surface area contributed by atoms with E-state index in [0.717, 1.165) is 11.9 Å². The van der Waals surface area contributed by atoms with E-state index >= 15 is 0 Å². The molecule has 0 fully saturated rings. The molecule has 17 heavy (non-hydrogen) atoms. The van der Waals surface area contributed by atoms with Gasteiger partial charge in [0.15, 0.2) is 0 Å². The number of nitrogens with zero attached hydrogens (tertiary/aromatic N) is 1. The van der Waals surface area contributed by atoms with Crippen molar-refractivity contribution in [3.05, 3.63) is 36.0 Å². The van der Waals surface area contributed by atoms with Gasteiger partial charge in [-0.3, -0.25) is 4.79 Å². The third-order valence-corrected chi connectivity index (χ3v) is 2.59. The Balaban J connectivity index is 1.90. The summed E-state index contributed by atoms with van der Waals surface area (Å²) in [4.78, 5) is 14.2. The number of carbonyl (C=O) groups excluding carboxylic acids is 1. The zero-order valence-corrected chi connectivity index (χ0v) is 9.36. The van der Waals surface area contributed by atoms with Crippen LogP contribution in [0, 0.1) is 11.3 Å². The first-order valence-electron chi connectivity index (χ1n) is 5.49. The third-order valence-electron chi connectivity index (χ3n) is 2.59. The van der Waals surface area contributed by atoms with Gasteiger partial charge in [0, 0.05) is 18.3 Å². The predicted octanol–water partition coefficient (Wildman–Crippen LogP) is 1.74. The molecule has 1 amide bonds. The van der Waals surface area contributed by atoms with Gasteiger partial charge in [0.25, 0.3) is 0 Å². The second kappa shape index (κ2) is 5.17. The van der Waals surface area contributed by atoms with Crippen molar-refractivity contribution in [3.63, 3.8) is 0 Å². The number of rotatable bonds is 4. The highest BCUT2D eigenvalue weighted by Crippen LogP contribution is 2.14. The highest BCUT2D eigenvalue weighted by Gasteiger charge is 2.00. The standard InChI is InChI=1S/C13H13N3O/c14-6-3-13(17)16-7-4-10-1-2-12-11(9-10)5-8-15-12/h1-2,5,8-9,15H,3-4,7H2,(H,16,17). The van der Waals surface area contributed by atoms with Crippen molar-refractivity contribution in [1.29, 1.82) is 5.26 Å². The molecule has 0 bridgehead atoms. The molecule has 0 aliphatic rings. The van der Waals surface area contributed by atoms with Crippen LogP contribution >= 0.6 is 0 Å². The summed E-state index contributed by atoms with van der Waals surface area (Å²) in [5, 5.41) is 12.2. The number of benzene rings is 1. The number of H-pyrrole nitrogens is 1. The molecule has 0 saturated heterocycles. The molecule has 1 heterocycles. The molecule has 2 N–H and O–H groups in total. The Kier molecular flexibility index (Phi) is 3.41. The fourth-order valence-corrected chi connectivity index (χ4v) is 1.74. The summed E-state index contributed by atoms with van der Waals surface area (Å²) in [6.07, 6.45) is 2.61. The number of fused-ring (bicyclic) bond motifs is 1. The van der Waals surface area contributed by atoms with E-state index in [4.69, 9.17) is 5.26 Å². The quantitative estimate of drug-likeness (QED) is 0.835. The van der Waals surface area contributed by atoms with Gasteiger partial charge in [-0.25, -0.2) is 0 Å². The zero-order valence-electron chi connectivity index (χ0n) is 9.36. The van der Waals surface area contributed by atoms with E-state index in [1.807, 2.05) is 30.5 Å². The topological polar surface area (TPSA) is 68.7 Å². The lowest BCUT2D eigenvalue weighted by Crippen LogP contribution is -2.24. The van der Waals surface area contributed by atoms with Crippen LogP contribution in [0.4, 0.5) is 0 Å². The minimum absolute atomic E-state index is 0.0726. The maximum absolute atomic E-state index is 11.1. The van der Waals surface area contributed by atoms with Crippen molar-refractivity contribution in [1.82, 2.24) is 10.3 Å². The van der Waals surface area contributed by atoms with Crippen LogP contribution in [-0.4, -0.2) is 17.4 Å². The number of aromatic amines is 1. The molecule has 0 saturated carbocycles. The minimum atomic E-state index is -0.213. The molecule has 0 aliphatic heterocycles. The molecular formula is C13H13N3O. The molecule has 0 spiro atoms. The zero-order chi connectivity index (χ0) is 12.1. The number of amides is 1. The van der Waals surface area contributed by atoms with Gasteiger partial charge in [-0.15, -0.1) is 0 Å². The summed E-state index contributed by atoms with van der Waals surface area (Å²) in [5.74, 6) is -0.213. The van der Waals surface area contributed by atoms with Gasteiger partial charge in [-0.05, 0) is 35.6 Å². The van der Waals surface area contributed by atoms with Crippen molar-refractivity contribution in [3.8, 4) is 6.07 Å². The lowest BCUT2D eigenvalue weighted by molar-refractivity contribution is -0.120. The highest BCUT2D eigenvalue weighted by atomic mass is 16.1. The van der Waals surface area contributed by atoms with E-state index in [0.29, 0.717) is 6.54 Å². The van der Waals surface area contributed by atoms with Crippen molar-refractivity contribution in [2.75, 3.05) is 6.54 Å². The molecule has 4 heteroatoms. The summed E-state index contributed by atoms with van der Waals surface area (Å²) in [6.45, 7) is 0.566. The minimum Gasteiger partial charge on any atom is -0.361 e. The first kappa shape index (κ1) is 11.2. The van der Waals surface area contributed by atoms with Gasteiger partial charge in [0.2, 0.25) is 5.91 Å². The van der Waals surface area contributed by atoms with Crippen LogP contribution in [-0.2, 0) is 11.2 Å². The summed E-state index contributed by atoms with van der Waals surface area (Å²) >= 11 is 0. The van der Waals surface area contributed by atoms with Crippen LogP contribution in [0.5, 0.6) is 0 Å². The monoisotopic (exact) mass is 227 g/mol. The summed E-state index contributed by atoms with van der Waals surface area (Å²) in [7, 11) is 0. The van der Waals surface area contributed by atoms with Crippen LogP contribution in [0.15, 0.2) is 30.5 Å². The van der Waals surface area contributed by atoms with Gasteiger partial charge in [0.1, 0.15) is 6.42 Å². The van der Waals surface area contributed by atoms with Gasteiger partial charge >= 0.3 is 0 Å². The maximum Gasteiger partial charge on any atom is 0.234 e. The van der Waals surface area contributed by atoms with Crippen LogP contribution in [0.3, 0.4) is 0 Å². The molecule has 0 atom stereocenters. The Labute approximate surface area is 99.3 Å². The average molecular weight is 227 g/mol. The van der Waals surface area contributed by atoms with E-state index < -0.39 is 0 Å². The largest absolute Gasteiger partial charge is 0.361 e. The molecule has 0 unspecified atom stereocenters. The van der Waals surface area contributed by atoms with Crippen molar-refractivity contribution >= 4 is 16.8 Å². The second-order valence-corrected chi connectivity index (χ2v) is 3.83. The van der Waals surface area contributed by atoms with E-state index in [1.54, 1.807) is 0 Å². The molecule has 4 nitrogen and oxygen atoms in total. The Morgan fingerprint density at radius 2 is 2.29 bits per heavy atom. The number of hydrogen-bond acceptors (Lipinski definition) is 2. The summed E-state index contributed by atoms with van der Waals surface area (Å²) in [5.41, 5.74) is 2.29. The van der Waals surface area contributed by atoms with E-state index in [9.17, 15) is 4.79 Å². The predicted molar refractivity (Wildman–Crippen MR) is 65.2 cm³/mol. The summed E-state index contributed by atoms with van der Waals surface area (Å²) < 4.78 is 0. The Morgan fingerprint density at radius 1 is 1.41 bits per heavy atom. The number of carbonyl (C=O) groups is 1. The number of hydrogen-bond donors (Lipinski definition) is 2. The first-order chi connectivity index (χ1) is 8.29. The lowest BCUT2D eigenvalue weighted by atomic mass is 10.1. The van der Waals surface area contributed by atoms with Crippen LogP contribution in [0.25, 0.3) is 10.9 Å². The van der Waals surface area contributed by atoms with E-state index in [-0.39, 0.29) is 12.3 Å². The van der Waals surface area contributed by atoms with Crippen molar-refractivity contribution in [2.45, 2.75) is 12.8 Å². The molecule has 86 valence electrons. The maximum atomic E-state index is 11.1. The SMILES string of the molecule is N#CCC(=O)NCCc1ccc2[nH]ccc2c1. The van der Waals surface area contributed by atoms with Crippen LogP contribution in [0.1, 0.15) is 12.0 Å². The first-order valence-corrected chi connectivity index (χ1v) is 5.49. The fraction of sp³-hybridized carbons (Fsp3) is 0.231. The van der Waals surface area contributed by atoms with Crippen LogP contribution in [0.2, 0.25) is 0 Å². The summed E-state index contributed by atoms with van der Waals surface area (Å²) in [6, 6.07) is 10.0. The normalized spacial score (nSPS) is 10.1.